The number of unbranched alkanes of at least 4 members (excludes halogenated alkanes) is 1. The maximum Gasteiger partial charge on any atom is 0.242 e. The van der Waals surface area contributed by atoms with Crippen LogP contribution in [0.25, 0.3) is 0 Å². The second kappa shape index (κ2) is 29.3. The molecule has 2 aliphatic rings. The molecule has 0 aromatic heterocycles. The summed E-state index contributed by atoms with van der Waals surface area (Å²) in [5.74, 6) is -1.67. The number of nitrogens with one attached hydrogen (secondary N) is 4. The highest BCUT2D eigenvalue weighted by atomic mass is 32.2. The minimum absolute atomic E-state index is 0.0335. The largest absolute Gasteiger partial charge is 0.381 e. The number of ketones is 2. The lowest BCUT2D eigenvalue weighted by molar-refractivity contribution is -0.138. The molecule has 3 atom stereocenters. The minimum atomic E-state index is -0.723. The van der Waals surface area contributed by atoms with Crippen molar-refractivity contribution in [2.75, 3.05) is 84.9 Å². The zero-order valence-corrected chi connectivity index (χ0v) is 36.1. The fourth-order valence-electron chi connectivity index (χ4n) is 6.69. The third-order valence-corrected chi connectivity index (χ3v) is 11.4. The molecule has 0 spiro atoms. The average molecular weight is 853 g/mol. The van der Waals surface area contributed by atoms with Gasteiger partial charge in [-0.1, -0.05) is 13.8 Å². The first-order valence-corrected chi connectivity index (χ1v) is 22.1. The number of carbonyl (C=O) groups is 9. The predicted molar refractivity (Wildman–Crippen MR) is 223 cm³/mol. The van der Waals surface area contributed by atoms with Crippen LogP contribution in [0.5, 0.6) is 0 Å². The Morgan fingerprint density at radius 2 is 1.49 bits per heavy atom. The van der Waals surface area contributed by atoms with Crippen molar-refractivity contribution in [1.82, 2.24) is 36.0 Å². The lowest BCUT2D eigenvalue weighted by Gasteiger charge is -2.34. The first kappa shape index (κ1) is 51.2. The molecule has 0 bridgehead atoms. The van der Waals surface area contributed by atoms with Crippen molar-refractivity contribution in [2.45, 2.75) is 109 Å². The summed E-state index contributed by atoms with van der Waals surface area (Å²) < 4.78 is 5.49. The number of nitrogens with two attached hydrogens (primary N) is 1. The Kier molecular flexibility index (Phi) is 25.4. The number of ether oxygens (including phenoxy) is 1. The average Bonchev–Trinajstić information content (AvgIpc) is 3.47. The molecule has 18 nitrogen and oxygen atoms in total. The van der Waals surface area contributed by atoms with Gasteiger partial charge in [-0.3, -0.25) is 53.0 Å². The lowest BCUT2D eigenvalue weighted by Crippen LogP contribution is -2.49. The molecular formula is C40H68N8O10S. The van der Waals surface area contributed by atoms with Crippen molar-refractivity contribution >= 4 is 64.7 Å². The van der Waals surface area contributed by atoms with E-state index in [2.05, 4.69) is 31.1 Å². The molecule has 0 aliphatic carbocycles. The zero-order valence-electron chi connectivity index (χ0n) is 35.3. The van der Waals surface area contributed by atoms with Crippen LogP contribution in [-0.4, -0.2) is 164 Å². The number of hydrogen-bond acceptors (Lipinski definition) is 13. The smallest absolute Gasteiger partial charge is 0.242 e. The summed E-state index contributed by atoms with van der Waals surface area (Å²) in [5.41, 5.74) is 5.37. The van der Waals surface area contributed by atoms with Crippen molar-refractivity contribution in [3.63, 3.8) is 0 Å². The summed E-state index contributed by atoms with van der Waals surface area (Å²) in [5, 5.41) is 10.3. The van der Waals surface area contributed by atoms with Crippen LogP contribution in [0.1, 0.15) is 97.3 Å². The summed E-state index contributed by atoms with van der Waals surface area (Å²) in [6.45, 7) is 9.08. The standard InChI is InChI=1S/C40H68N8O10S/c1-4-9-35(52)45-32(38(41)55)12-5-6-15-43-34(51)14-24-58-23-8-11-30(49)13-18-48-37(54)27-33(40(48)57)59-25-16-44-36(53)28-47-21-19-46(20-22-47)17-7-10-31(50)26-29(2)39(56)42-3/h29,32-33H,4-28H2,1-3H3,(H2,41,55)(H,42,56)(H,43,51)(H,44,53)(H,45,52)/t29-,32+,33?/m1/s1. The molecule has 0 aromatic rings. The van der Waals surface area contributed by atoms with E-state index in [1.54, 1.807) is 14.0 Å². The van der Waals surface area contributed by atoms with E-state index in [0.717, 1.165) is 44.0 Å². The molecule has 2 saturated heterocycles. The molecule has 19 heteroatoms. The van der Waals surface area contributed by atoms with Crippen LogP contribution in [0.15, 0.2) is 0 Å². The van der Waals surface area contributed by atoms with Gasteiger partial charge in [-0.05, 0) is 45.1 Å². The minimum Gasteiger partial charge on any atom is -0.381 e. The second-order valence-electron chi connectivity index (χ2n) is 15.1. The van der Waals surface area contributed by atoms with E-state index >= 15 is 0 Å². The van der Waals surface area contributed by atoms with Crippen molar-refractivity contribution < 1.29 is 47.9 Å². The molecule has 7 amide bonds. The topological polar surface area (TPSA) is 247 Å². The van der Waals surface area contributed by atoms with Gasteiger partial charge in [0.1, 0.15) is 17.6 Å². The highest BCUT2D eigenvalue weighted by molar-refractivity contribution is 8.00. The zero-order chi connectivity index (χ0) is 43.6. The van der Waals surface area contributed by atoms with Gasteiger partial charge in [-0.15, -0.1) is 11.8 Å². The number of carbonyl (C=O) groups excluding carboxylic acids is 9. The van der Waals surface area contributed by atoms with E-state index in [-0.39, 0.29) is 105 Å². The van der Waals surface area contributed by atoms with Crippen LogP contribution in [-0.2, 0) is 47.9 Å². The highest BCUT2D eigenvalue weighted by Crippen LogP contribution is 2.25. The number of primary amides is 1. The Labute approximate surface area is 352 Å². The van der Waals surface area contributed by atoms with Crippen LogP contribution in [0.3, 0.4) is 0 Å². The van der Waals surface area contributed by atoms with Gasteiger partial charge >= 0.3 is 0 Å². The Hall–Kier alpha value is -3.94. The van der Waals surface area contributed by atoms with Gasteiger partial charge in [0.25, 0.3) is 0 Å². The fourth-order valence-corrected chi connectivity index (χ4v) is 7.73. The Morgan fingerprint density at radius 3 is 2.19 bits per heavy atom. The normalized spacial score (nSPS) is 17.0. The molecule has 2 heterocycles. The molecule has 2 fully saturated rings. The van der Waals surface area contributed by atoms with Gasteiger partial charge in [0.2, 0.25) is 41.4 Å². The Balaban J connectivity index is 1.48. The van der Waals surface area contributed by atoms with Crippen LogP contribution in [0, 0.1) is 5.92 Å². The lowest BCUT2D eigenvalue weighted by atomic mass is 10.0. The van der Waals surface area contributed by atoms with Crippen LogP contribution in [0.2, 0.25) is 0 Å². The number of Topliss-reactive ketones (excluding diaryl/α,β-unsaturated/α-hetero) is 2. The molecule has 2 rings (SSSR count). The number of thioether (sulfide) groups is 1. The molecule has 2 aliphatic heterocycles. The summed E-state index contributed by atoms with van der Waals surface area (Å²) in [6.07, 6.45) is 5.02. The highest BCUT2D eigenvalue weighted by Gasteiger charge is 2.38. The van der Waals surface area contributed by atoms with Crippen molar-refractivity contribution in [3.05, 3.63) is 0 Å². The van der Waals surface area contributed by atoms with Crippen LogP contribution >= 0.6 is 11.8 Å². The number of piperazine rings is 1. The number of rotatable bonds is 32. The number of likely N-dealkylation sites (tertiary alicyclic amines) is 1. The first-order valence-electron chi connectivity index (χ1n) is 21.1. The molecule has 0 radical (unpaired) electrons. The first-order chi connectivity index (χ1) is 28.2. The summed E-state index contributed by atoms with van der Waals surface area (Å²) in [4.78, 5) is 115. The summed E-state index contributed by atoms with van der Waals surface area (Å²) in [6, 6.07) is -0.723. The third-order valence-electron chi connectivity index (χ3n) is 10.2. The molecule has 59 heavy (non-hydrogen) atoms. The maximum absolute atomic E-state index is 12.9. The summed E-state index contributed by atoms with van der Waals surface area (Å²) in [7, 11) is 1.57. The van der Waals surface area contributed by atoms with E-state index in [0.29, 0.717) is 70.4 Å². The number of nitrogens with zero attached hydrogens (tertiary/aromatic N) is 3. The molecular weight excluding hydrogens is 785 g/mol. The predicted octanol–water partition coefficient (Wildman–Crippen LogP) is -0.0948. The summed E-state index contributed by atoms with van der Waals surface area (Å²) >= 11 is 1.32. The Morgan fingerprint density at radius 1 is 0.797 bits per heavy atom. The molecule has 334 valence electrons. The van der Waals surface area contributed by atoms with Crippen molar-refractivity contribution in [3.8, 4) is 0 Å². The molecule has 0 saturated carbocycles. The van der Waals surface area contributed by atoms with Gasteiger partial charge in [0.15, 0.2) is 0 Å². The van der Waals surface area contributed by atoms with E-state index in [1.807, 2.05) is 6.92 Å². The van der Waals surface area contributed by atoms with Gasteiger partial charge in [0, 0.05) is 116 Å². The van der Waals surface area contributed by atoms with Gasteiger partial charge in [-0.25, -0.2) is 0 Å². The van der Waals surface area contributed by atoms with Crippen LogP contribution in [0.4, 0.5) is 0 Å². The van der Waals surface area contributed by atoms with Gasteiger partial charge < -0.3 is 36.6 Å². The number of amides is 7. The van der Waals surface area contributed by atoms with E-state index < -0.39 is 17.2 Å². The quantitative estimate of drug-likeness (QED) is 0.0439. The van der Waals surface area contributed by atoms with Crippen molar-refractivity contribution in [1.29, 1.82) is 0 Å². The van der Waals surface area contributed by atoms with Gasteiger partial charge in [-0.2, -0.15) is 0 Å². The molecule has 0 aromatic carbocycles. The molecule has 1 unspecified atom stereocenters. The SMILES string of the molecule is CCCC(=O)N[C@@H](CCCCNC(=O)CCOCCCC(=O)CCN1C(=O)CC(SCCNC(=O)CN2CCN(CCCC(=O)C[C@@H](C)C(=O)NC)CC2)C1=O)C(N)=O. The maximum atomic E-state index is 12.9. The van der Waals surface area contributed by atoms with E-state index in [1.165, 1.54) is 11.8 Å². The fraction of sp³-hybridized carbons (Fsp3) is 0.775. The monoisotopic (exact) mass is 852 g/mol. The number of imide groups is 1. The van der Waals surface area contributed by atoms with Crippen LogP contribution < -0.4 is 27.0 Å². The van der Waals surface area contributed by atoms with Gasteiger partial charge in [0.05, 0.1) is 18.4 Å². The Bertz CT molecular complexity index is 1410. The molecule has 6 N–H and O–H groups in total. The van der Waals surface area contributed by atoms with Crippen molar-refractivity contribution in [2.24, 2.45) is 11.7 Å². The number of hydrogen-bond donors (Lipinski definition) is 5. The van der Waals surface area contributed by atoms with E-state index in [4.69, 9.17) is 10.5 Å². The second-order valence-corrected chi connectivity index (χ2v) is 16.5. The van der Waals surface area contributed by atoms with E-state index in [9.17, 15) is 43.2 Å². The third kappa shape index (κ3) is 21.8.